The van der Waals surface area contributed by atoms with E-state index in [0.717, 1.165) is 5.69 Å². The van der Waals surface area contributed by atoms with Crippen molar-refractivity contribution in [2.75, 3.05) is 4.90 Å². The summed E-state index contributed by atoms with van der Waals surface area (Å²) in [5.41, 5.74) is 2.15. The van der Waals surface area contributed by atoms with Gasteiger partial charge in [-0.25, -0.2) is 0 Å². The van der Waals surface area contributed by atoms with Crippen molar-refractivity contribution >= 4 is 5.69 Å². The Morgan fingerprint density at radius 1 is 0.931 bits per heavy atom. The van der Waals surface area contributed by atoms with Gasteiger partial charge in [-0.05, 0) is 69.8 Å². The van der Waals surface area contributed by atoms with Crippen LogP contribution in [-0.2, 0) is 0 Å². The molecule has 2 heterocycles. The van der Waals surface area contributed by atoms with Gasteiger partial charge in [0.2, 0.25) is 0 Å². The molecule has 2 unspecified atom stereocenters. The molecular weight excluding hydrogens is 352 g/mol. The predicted octanol–water partition coefficient (Wildman–Crippen LogP) is 6.69. The predicted molar refractivity (Wildman–Crippen MR) is 123 cm³/mol. The van der Waals surface area contributed by atoms with E-state index in [0.29, 0.717) is 11.8 Å². The van der Waals surface area contributed by atoms with Crippen molar-refractivity contribution in [3.05, 3.63) is 42.0 Å². The van der Waals surface area contributed by atoms with Crippen molar-refractivity contribution in [1.82, 2.24) is 4.90 Å². The van der Waals surface area contributed by atoms with Gasteiger partial charge in [0.15, 0.2) is 0 Å². The van der Waals surface area contributed by atoms with Gasteiger partial charge in [-0.3, -0.25) is 4.90 Å². The molecule has 0 radical (unpaired) electrons. The number of para-hydroxylation sites is 1. The highest BCUT2D eigenvalue weighted by molar-refractivity contribution is 5.57. The lowest BCUT2D eigenvalue weighted by Gasteiger charge is -2.53. The molecule has 5 rings (SSSR count). The third-order valence-electron chi connectivity index (χ3n) is 8.70. The highest BCUT2D eigenvalue weighted by Crippen LogP contribution is 2.54. The van der Waals surface area contributed by atoms with Crippen LogP contribution in [0.4, 0.5) is 5.69 Å². The maximum absolute atomic E-state index is 8.75. The molecule has 2 aliphatic heterocycles. The second kappa shape index (κ2) is 7.76. The van der Waals surface area contributed by atoms with E-state index in [4.69, 9.17) is 4.11 Å². The SMILES string of the molecule is [2H]C([2H])([2H])C1N(c2ccccc2C)[C@@H](C)C2C=CC(C3CCCCC3)(C3CCCCC3)N21. The number of aryl methyl sites for hydroxylation is 1. The van der Waals surface area contributed by atoms with Gasteiger partial charge < -0.3 is 4.90 Å². The number of hydrogen-bond acceptors (Lipinski definition) is 2. The van der Waals surface area contributed by atoms with Crippen LogP contribution in [-0.4, -0.2) is 28.7 Å². The summed E-state index contributed by atoms with van der Waals surface area (Å²) in [7, 11) is 0. The fourth-order valence-electron chi connectivity index (χ4n) is 7.34. The highest BCUT2D eigenvalue weighted by atomic mass is 15.5. The summed E-state index contributed by atoms with van der Waals surface area (Å²) in [5.74, 6) is 1.16. The van der Waals surface area contributed by atoms with Crippen LogP contribution < -0.4 is 4.90 Å². The molecule has 4 aliphatic rings. The molecule has 0 N–H and O–H groups in total. The number of hydrogen-bond donors (Lipinski definition) is 0. The second-order valence-corrected chi connectivity index (χ2v) is 10.1. The van der Waals surface area contributed by atoms with Gasteiger partial charge in [0, 0.05) is 21.4 Å². The van der Waals surface area contributed by atoms with Crippen LogP contribution in [0, 0.1) is 18.8 Å². The van der Waals surface area contributed by atoms with Crippen molar-refractivity contribution in [2.45, 2.75) is 109 Å². The van der Waals surface area contributed by atoms with Crippen LogP contribution in [0.15, 0.2) is 36.4 Å². The molecule has 0 bridgehead atoms. The first-order valence-electron chi connectivity index (χ1n) is 13.7. The Labute approximate surface area is 182 Å². The largest absolute Gasteiger partial charge is 0.351 e. The van der Waals surface area contributed by atoms with Gasteiger partial charge in [-0.2, -0.15) is 0 Å². The molecule has 0 amide bonds. The van der Waals surface area contributed by atoms with E-state index in [2.05, 4.69) is 60.1 Å². The van der Waals surface area contributed by atoms with Crippen LogP contribution in [0.2, 0.25) is 0 Å². The number of nitrogens with zero attached hydrogens (tertiary/aromatic N) is 2. The molecule has 1 aromatic carbocycles. The zero-order valence-electron chi connectivity index (χ0n) is 21.3. The summed E-state index contributed by atoms with van der Waals surface area (Å²) in [6.45, 7) is 2.30. The van der Waals surface area contributed by atoms with Gasteiger partial charge in [0.25, 0.3) is 0 Å². The molecule has 0 spiro atoms. The lowest BCUT2D eigenvalue weighted by atomic mass is 9.64. The van der Waals surface area contributed by atoms with Gasteiger partial charge in [-0.15, -0.1) is 0 Å². The quantitative estimate of drug-likeness (QED) is 0.526. The van der Waals surface area contributed by atoms with Crippen molar-refractivity contribution < 1.29 is 4.11 Å². The minimum atomic E-state index is -2.06. The molecule has 29 heavy (non-hydrogen) atoms. The highest BCUT2D eigenvalue weighted by Gasteiger charge is 2.59. The summed E-state index contributed by atoms with van der Waals surface area (Å²) in [4.78, 5) is 4.79. The first-order valence-corrected chi connectivity index (χ1v) is 12.2. The van der Waals surface area contributed by atoms with Crippen LogP contribution >= 0.6 is 0 Å². The zero-order valence-corrected chi connectivity index (χ0v) is 18.3. The molecular formula is C27H40N2. The molecule has 3 atom stereocenters. The lowest BCUT2D eigenvalue weighted by molar-refractivity contribution is -0.0152. The Balaban J connectivity index is 1.64. The van der Waals surface area contributed by atoms with E-state index in [1.54, 1.807) is 0 Å². The Bertz CT molecular complexity index is 818. The molecule has 1 aromatic rings. The average molecular weight is 396 g/mol. The Morgan fingerprint density at radius 3 is 2.14 bits per heavy atom. The normalized spacial score (nSPS) is 35.3. The summed E-state index contributed by atoms with van der Waals surface area (Å²) in [6, 6.07) is 8.67. The van der Waals surface area contributed by atoms with Crippen molar-refractivity contribution in [2.24, 2.45) is 11.8 Å². The second-order valence-electron chi connectivity index (χ2n) is 10.1. The van der Waals surface area contributed by atoms with Crippen LogP contribution in [0.1, 0.15) is 87.7 Å². The van der Waals surface area contributed by atoms with Crippen LogP contribution in [0.5, 0.6) is 0 Å². The minimum Gasteiger partial charge on any atom is -0.351 e. The van der Waals surface area contributed by atoms with Gasteiger partial charge in [0.05, 0.1) is 12.2 Å². The summed E-state index contributed by atoms with van der Waals surface area (Å²) in [6.07, 6.45) is 17.2. The topological polar surface area (TPSA) is 6.48 Å². The van der Waals surface area contributed by atoms with Crippen LogP contribution in [0.3, 0.4) is 0 Å². The Kier molecular flexibility index (Phi) is 4.39. The van der Waals surface area contributed by atoms with Crippen LogP contribution in [0.25, 0.3) is 0 Å². The smallest absolute Gasteiger partial charge is 0.0808 e. The molecule has 2 nitrogen and oxygen atoms in total. The summed E-state index contributed by atoms with van der Waals surface area (Å²) in [5, 5.41) is 0. The zero-order chi connectivity index (χ0) is 22.5. The van der Waals surface area contributed by atoms with Crippen molar-refractivity contribution in [3.8, 4) is 0 Å². The molecule has 158 valence electrons. The first-order chi connectivity index (χ1) is 15.4. The number of rotatable bonds is 3. The average Bonchev–Trinajstić information content (AvgIpc) is 3.32. The van der Waals surface area contributed by atoms with E-state index < -0.39 is 13.0 Å². The van der Waals surface area contributed by atoms with E-state index >= 15 is 0 Å². The van der Waals surface area contributed by atoms with E-state index in [-0.39, 0.29) is 17.6 Å². The van der Waals surface area contributed by atoms with Gasteiger partial charge >= 0.3 is 0 Å². The maximum atomic E-state index is 8.75. The number of anilines is 1. The van der Waals surface area contributed by atoms with E-state index in [9.17, 15) is 0 Å². The third kappa shape index (κ3) is 3.00. The third-order valence-corrected chi connectivity index (χ3v) is 8.70. The molecule has 2 aliphatic carbocycles. The van der Waals surface area contributed by atoms with Crippen molar-refractivity contribution in [3.63, 3.8) is 0 Å². The van der Waals surface area contributed by atoms with Crippen molar-refractivity contribution in [1.29, 1.82) is 0 Å². The monoisotopic (exact) mass is 395 g/mol. The van der Waals surface area contributed by atoms with Gasteiger partial charge in [-0.1, -0.05) is 68.9 Å². The summed E-state index contributed by atoms with van der Waals surface area (Å²) < 4.78 is 26.2. The molecule has 3 fully saturated rings. The molecule has 0 aromatic heterocycles. The Hall–Kier alpha value is -1.28. The molecule has 2 heteroatoms. The van der Waals surface area contributed by atoms with E-state index in [1.165, 1.54) is 69.8 Å². The lowest BCUT2D eigenvalue weighted by Crippen LogP contribution is -2.60. The molecule has 1 saturated heterocycles. The number of fused-ring (bicyclic) bond motifs is 1. The van der Waals surface area contributed by atoms with Gasteiger partial charge in [0.1, 0.15) is 0 Å². The van der Waals surface area contributed by atoms with E-state index in [1.807, 2.05) is 0 Å². The first kappa shape index (κ1) is 16.4. The maximum Gasteiger partial charge on any atom is 0.0808 e. The fraction of sp³-hybridized carbons (Fsp3) is 0.704. The Morgan fingerprint density at radius 2 is 1.55 bits per heavy atom. The summed E-state index contributed by atoms with van der Waals surface area (Å²) >= 11 is 0. The molecule has 2 saturated carbocycles. The number of benzene rings is 1. The fourth-order valence-corrected chi connectivity index (χ4v) is 7.34. The minimum absolute atomic E-state index is 0.101. The standard InChI is InChI=1S/C27H40N2/c1-20-12-10-11-17-25(20)28-21(2)26-18-19-27(29(26)22(28)3,23-13-6-4-7-14-23)24-15-8-5-9-16-24/h10-12,17-19,21-24,26H,4-9,13-16H2,1-3H3/t21-,22?,26?/m0/s1/i3D3.